The van der Waals surface area contributed by atoms with Gasteiger partial charge in [-0.15, -0.1) is 0 Å². The Kier molecular flexibility index (Phi) is 2.95. The van der Waals surface area contributed by atoms with Gasteiger partial charge in [-0.3, -0.25) is 0 Å². The van der Waals surface area contributed by atoms with Crippen LogP contribution in [0.1, 0.15) is 12.8 Å². The van der Waals surface area contributed by atoms with Crippen molar-refractivity contribution < 1.29 is 9.47 Å². The van der Waals surface area contributed by atoms with Gasteiger partial charge >= 0.3 is 0 Å². The molecule has 2 unspecified atom stereocenters. The van der Waals surface area contributed by atoms with Crippen molar-refractivity contribution >= 4 is 15.9 Å². The molecule has 0 bridgehead atoms. The topological polar surface area (TPSA) is 18.5 Å². The van der Waals surface area contributed by atoms with E-state index in [4.69, 9.17) is 9.47 Å². The van der Waals surface area contributed by atoms with E-state index in [-0.39, 0.29) is 6.29 Å². The molecule has 3 heteroatoms. The maximum absolute atomic E-state index is 5.27. The van der Waals surface area contributed by atoms with E-state index in [0.717, 1.165) is 19.4 Å². The summed E-state index contributed by atoms with van der Waals surface area (Å²) in [5, 5.41) is 0. The average Bonchev–Trinajstić information content (AvgIpc) is 1.89. The molecule has 1 heterocycles. The van der Waals surface area contributed by atoms with E-state index >= 15 is 0 Å². The SMILES string of the molecule is COC1OCCCC1Br. The fourth-order valence-corrected chi connectivity index (χ4v) is 1.63. The van der Waals surface area contributed by atoms with Gasteiger partial charge in [-0.25, -0.2) is 0 Å². The predicted molar refractivity (Wildman–Crippen MR) is 38.7 cm³/mol. The summed E-state index contributed by atoms with van der Waals surface area (Å²) in [6, 6.07) is 0. The zero-order valence-corrected chi connectivity index (χ0v) is 7.06. The molecular weight excluding hydrogens is 184 g/mol. The highest BCUT2D eigenvalue weighted by Gasteiger charge is 2.22. The smallest absolute Gasteiger partial charge is 0.169 e. The van der Waals surface area contributed by atoms with Crippen LogP contribution in [0.3, 0.4) is 0 Å². The van der Waals surface area contributed by atoms with Crippen LogP contribution >= 0.6 is 15.9 Å². The van der Waals surface area contributed by atoms with Gasteiger partial charge in [0.05, 0.1) is 4.83 Å². The zero-order chi connectivity index (χ0) is 6.69. The summed E-state index contributed by atoms with van der Waals surface area (Å²) < 4.78 is 10.3. The minimum Gasteiger partial charge on any atom is -0.355 e. The van der Waals surface area contributed by atoms with Gasteiger partial charge < -0.3 is 9.47 Å². The highest BCUT2D eigenvalue weighted by molar-refractivity contribution is 9.09. The van der Waals surface area contributed by atoms with E-state index < -0.39 is 0 Å². The Labute approximate surface area is 63.7 Å². The van der Waals surface area contributed by atoms with Crippen molar-refractivity contribution in [2.24, 2.45) is 0 Å². The molecule has 1 aliphatic heterocycles. The predicted octanol–water partition coefficient (Wildman–Crippen LogP) is 1.53. The molecule has 0 aromatic rings. The fourth-order valence-electron chi connectivity index (χ4n) is 0.934. The molecule has 54 valence electrons. The second kappa shape index (κ2) is 3.54. The van der Waals surface area contributed by atoms with E-state index in [1.807, 2.05) is 0 Å². The molecular formula is C6H11BrO2. The van der Waals surface area contributed by atoms with Crippen molar-refractivity contribution in [1.29, 1.82) is 0 Å². The van der Waals surface area contributed by atoms with Crippen LogP contribution in [-0.4, -0.2) is 24.8 Å². The Hall–Kier alpha value is 0.400. The Morgan fingerprint density at radius 2 is 2.44 bits per heavy atom. The van der Waals surface area contributed by atoms with Gasteiger partial charge in [0.1, 0.15) is 0 Å². The number of alkyl halides is 1. The van der Waals surface area contributed by atoms with Crippen LogP contribution in [0.15, 0.2) is 0 Å². The third-order valence-electron chi connectivity index (χ3n) is 1.43. The minimum atomic E-state index is -0.0289. The molecule has 1 fully saturated rings. The highest BCUT2D eigenvalue weighted by atomic mass is 79.9. The van der Waals surface area contributed by atoms with Gasteiger partial charge in [0.25, 0.3) is 0 Å². The third kappa shape index (κ3) is 1.92. The first-order valence-corrected chi connectivity index (χ1v) is 4.04. The maximum Gasteiger partial charge on any atom is 0.169 e. The van der Waals surface area contributed by atoms with E-state index in [1.165, 1.54) is 0 Å². The lowest BCUT2D eigenvalue weighted by Gasteiger charge is -2.25. The van der Waals surface area contributed by atoms with Gasteiger partial charge in [-0.2, -0.15) is 0 Å². The van der Waals surface area contributed by atoms with Crippen LogP contribution in [0.2, 0.25) is 0 Å². The standard InChI is InChI=1S/C6H11BrO2/c1-8-6-5(7)3-2-4-9-6/h5-6H,2-4H2,1H3. The molecule has 1 rings (SSSR count). The first kappa shape index (κ1) is 7.51. The van der Waals surface area contributed by atoms with Gasteiger partial charge in [-0.1, -0.05) is 15.9 Å². The summed E-state index contributed by atoms with van der Waals surface area (Å²) in [5.41, 5.74) is 0. The van der Waals surface area contributed by atoms with Crippen LogP contribution < -0.4 is 0 Å². The summed E-state index contributed by atoms with van der Waals surface area (Å²) >= 11 is 3.46. The number of methoxy groups -OCH3 is 1. The third-order valence-corrected chi connectivity index (χ3v) is 2.32. The van der Waals surface area contributed by atoms with Crippen LogP contribution in [0.25, 0.3) is 0 Å². The Morgan fingerprint density at radius 3 is 2.89 bits per heavy atom. The summed E-state index contributed by atoms with van der Waals surface area (Å²) in [6.45, 7) is 0.834. The molecule has 0 saturated carbocycles. The monoisotopic (exact) mass is 194 g/mol. The van der Waals surface area contributed by atoms with Crippen molar-refractivity contribution in [2.75, 3.05) is 13.7 Å². The second-order valence-corrected chi connectivity index (χ2v) is 3.31. The largest absolute Gasteiger partial charge is 0.355 e. The fraction of sp³-hybridized carbons (Fsp3) is 1.00. The van der Waals surface area contributed by atoms with E-state index in [0.29, 0.717) is 4.83 Å². The number of halogens is 1. The van der Waals surface area contributed by atoms with E-state index in [9.17, 15) is 0 Å². The summed E-state index contributed by atoms with van der Waals surface area (Å²) in [5.74, 6) is 0. The van der Waals surface area contributed by atoms with Gasteiger partial charge in [0.2, 0.25) is 0 Å². The molecule has 0 aromatic heterocycles. The molecule has 0 amide bonds. The quantitative estimate of drug-likeness (QED) is 0.590. The van der Waals surface area contributed by atoms with Crippen molar-refractivity contribution in [3.8, 4) is 0 Å². The summed E-state index contributed by atoms with van der Waals surface area (Å²) in [4.78, 5) is 0.385. The van der Waals surface area contributed by atoms with Gasteiger partial charge in [0.15, 0.2) is 6.29 Å². The molecule has 0 aliphatic carbocycles. The highest BCUT2D eigenvalue weighted by Crippen LogP contribution is 2.20. The maximum atomic E-state index is 5.27. The van der Waals surface area contributed by atoms with Crippen molar-refractivity contribution in [2.45, 2.75) is 24.0 Å². The molecule has 1 aliphatic rings. The molecule has 0 spiro atoms. The number of hydrogen-bond acceptors (Lipinski definition) is 2. The Morgan fingerprint density at radius 1 is 1.67 bits per heavy atom. The average molecular weight is 195 g/mol. The first-order chi connectivity index (χ1) is 4.34. The zero-order valence-electron chi connectivity index (χ0n) is 5.47. The summed E-state index contributed by atoms with van der Waals surface area (Å²) in [6.07, 6.45) is 2.26. The van der Waals surface area contributed by atoms with Crippen LogP contribution in [-0.2, 0) is 9.47 Å². The molecule has 1 saturated heterocycles. The number of hydrogen-bond donors (Lipinski definition) is 0. The summed E-state index contributed by atoms with van der Waals surface area (Å²) in [7, 11) is 1.67. The Balaban J connectivity index is 2.30. The van der Waals surface area contributed by atoms with Crippen LogP contribution in [0.5, 0.6) is 0 Å². The van der Waals surface area contributed by atoms with E-state index in [1.54, 1.807) is 7.11 Å². The Bertz CT molecular complexity index is 87.1. The molecule has 0 N–H and O–H groups in total. The van der Waals surface area contributed by atoms with Gasteiger partial charge in [-0.05, 0) is 12.8 Å². The second-order valence-electron chi connectivity index (χ2n) is 2.13. The molecule has 0 aromatic carbocycles. The molecule has 2 atom stereocenters. The minimum absolute atomic E-state index is 0.0289. The molecule has 0 radical (unpaired) electrons. The molecule has 9 heavy (non-hydrogen) atoms. The van der Waals surface area contributed by atoms with Crippen molar-refractivity contribution in [3.63, 3.8) is 0 Å². The number of ether oxygens (including phenoxy) is 2. The van der Waals surface area contributed by atoms with E-state index in [2.05, 4.69) is 15.9 Å². The lowest BCUT2D eigenvalue weighted by atomic mass is 10.2. The van der Waals surface area contributed by atoms with Gasteiger partial charge in [0, 0.05) is 13.7 Å². The normalized spacial score (nSPS) is 36.7. The van der Waals surface area contributed by atoms with Crippen molar-refractivity contribution in [3.05, 3.63) is 0 Å². The number of rotatable bonds is 1. The van der Waals surface area contributed by atoms with Crippen molar-refractivity contribution in [1.82, 2.24) is 0 Å². The lowest BCUT2D eigenvalue weighted by Crippen LogP contribution is -2.31. The van der Waals surface area contributed by atoms with Crippen LogP contribution in [0.4, 0.5) is 0 Å². The molecule has 2 nitrogen and oxygen atoms in total. The van der Waals surface area contributed by atoms with Crippen LogP contribution in [0, 0.1) is 0 Å². The lowest BCUT2D eigenvalue weighted by molar-refractivity contribution is -0.139. The first-order valence-electron chi connectivity index (χ1n) is 3.13.